The summed E-state index contributed by atoms with van der Waals surface area (Å²) in [6.45, 7) is 2.83. The van der Waals surface area contributed by atoms with Gasteiger partial charge in [0.05, 0.1) is 18.8 Å². The topological polar surface area (TPSA) is 168 Å². The molecule has 0 aromatic carbocycles. The molecule has 2 saturated heterocycles. The van der Waals surface area contributed by atoms with E-state index in [0.717, 1.165) is 0 Å². The highest BCUT2D eigenvalue weighted by molar-refractivity contribution is 4.91. The first-order valence-corrected chi connectivity index (χ1v) is 8.88. The molecular formula is C17H36O11. The van der Waals surface area contributed by atoms with Crippen LogP contribution in [0.3, 0.4) is 0 Å². The molecular weight excluding hydrogens is 380 g/mol. The zero-order valence-corrected chi connectivity index (χ0v) is 17.2. The lowest BCUT2D eigenvalue weighted by Gasteiger charge is -2.42. The van der Waals surface area contributed by atoms with E-state index in [1.165, 1.54) is 6.92 Å². The Bertz CT molecular complexity index is 363. The highest BCUT2D eigenvalue weighted by atomic mass is 16.7. The summed E-state index contributed by atoms with van der Waals surface area (Å²) in [6, 6.07) is 0. The fourth-order valence-electron chi connectivity index (χ4n) is 2.61. The third-order valence-corrected chi connectivity index (χ3v) is 4.18. The van der Waals surface area contributed by atoms with E-state index in [-0.39, 0.29) is 6.61 Å². The van der Waals surface area contributed by atoms with E-state index in [2.05, 4.69) is 9.47 Å². The predicted octanol–water partition coefficient (Wildman–Crippen LogP) is -2.77. The lowest BCUT2D eigenvalue weighted by atomic mass is 9.96. The maximum absolute atomic E-state index is 9.86. The van der Waals surface area contributed by atoms with Gasteiger partial charge in [0, 0.05) is 28.4 Å². The molecule has 0 spiro atoms. The van der Waals surface area contributed by atoms with Gasteiger partial charge >= 0.3 is 0 Å². The zero-order chi connectivity index (χ0) is 22.0. The third kappa shape index (κ3) is 7.76. The third-order valence-electron chi connectivity index (χ3n) is 4.18. The van der Waals surface area contributed by atoms with Crippen molar-refractivity contribution in [3.05, 3.63) is 0 Å². The van der Waals surface area contributed by atoms with Crippen LogP contribution in [0, 0.1) is 0 Å². The fraction of sp³-hybridized carbons (Fsp3) is 1.00. The second-order valence-electron chi connectivity index (χ2n) is 6.68. The molecule has 6 N–H and O–H groups in total. The average Bonchev–Trinajstić information content (AvgIpc) is 2.65. The van der Waals surface area contributed by atoms with Gasteiger partial charge in [-0.1, -0.05) is 0 Å². The van der Waals surface area contributed by atoms with E-state index in [4.69, 9.17) is 14.2 Å². The number of aliphatic hydroxyl groups is 6. The minimum Gasteiger partial charge on any atom is -0.388 e. The van der Waals surface area contributed by atoms with Crippen molar-refractivity contribution in [1.29, 1.82) is 0 Å². The molecule has 2 rings (SSSR count). The molecule has 11 heteroatoms. The van der Waals surface area contributed by atoms with Crippen LogP contribution in [0.5, 0.6) is 0 Å². The number of hydrogen-bond acceptors (Lipinski definition) is 11. The molecule has 170 valence electrons. The highest BCUT2D eigenvalue weighted by Crippen LogP contribution is 2.25. The highest BCUT2D eigenvalue weighted by Gasteiger charge is 2.45. The Hall–Kier alpha value is -0.440. The van der Waals surface area contributed by atoms with Gasteiger partial charge in [-0.15, -0.1) is 0 Å². The second kappa shape index (κ2) is 13.7. The minimum atomic E-state index is -1.46. The quantitative estimate of drug-likeness (QED) is 0.282. The molecule has 10 unspecified atom stereocenters. The summed E-state index contributed by atoms with van der Waals surface area (Å²) in [5.74, 6) is 0. The van der Waals surface area contributed by atoms with Gasteiger partial charge in [-0.25, -0.2) is 0 Å². The number of methoxy groups -OCH3 is 2. The Morgan fingerprint density at radius 2 is 1.00 bits per heavy atom. The first-order valence-electron chi connectivity index (χ1n) is 8.88. The summed E-state index contributed by atoms with van der Waals surface area (Å²) in [7, 11) is 6.50. The van der Waals surface area contributed by atoms with Crippen LogP contribution in [0.2, 0.25) is 0 Å². The van der Waals surface area contributed by atoms with Crippen molar-refractivity contribution in [3.8, 4) is 0 Å². The van der Waals surface area contributed by atoms with Crippen LogP contribution < -0.4 is 0 Å². The summed E-state index contributed by atoms with van der Waals surface area (Å²) in [5, 5.41) is 58.2. The predicted molar refractivity (Wildman–Crippen MR) is 96.5 cm³/mol. The van der Waals surface area contributed by atoms with E-state index < -0.39 is 61.2 Å². The van der Waals surface area contributed by atoms with Gasteiger partial charge < -0.3 is 54.3 Å². The van der Waals surface area contributed by atoms with Crippen molar-refractivity contribution < 1.29 is 54.3 Å². The fourth-order valence-corrected chi connectivity index (χ4v) is 2.61. The van der Waals surface area contributed by atoms with Crippen LogP contribution in [0.15, 0.2) is 0 Å². The van der Waals surface area contributed by atoms with Crippen LogP contribution in [0.25, 0.3) is 0 Å². The molecule has 0 aliphatic carbocycles. The van der Waals surface area contributed by atoms with Crippen molar-refractivity contribution >= 4 is 0 Å². The SMILES string of the molecule is CC1OC(COC2OC(C)C(O)C(O)C2O)C(O)C(O)C1O.COC.COC. The van der Waals surface area contributed by atoms with Gasteiger partial charge in [0.2, 0.25) is 0 Å². The van der Waals surface area contributed by atoms with E-state index in [1.807, 2.05) is 0 Å². The van der Waals surface area contributed by atoms with Crippen LogP contribution in [0.1, 0.15) is 13.8 Å². The molecule has 0 bridgehead atoms. The second-order valence-corrected chi connectivity index (χ2v) is 6.68. The molecule has 0 aromatic rings. The molecule has 0 saturated carbocycles. The summed E-state index contributed by atoms with van der Waals surface area (Å²) >= 11 is 0. The Labute approximate surface area is 165 Å². The molecule has 10 atom stereocenters. The molecule has 2 heterocycles. The van der Waals surface area contributed by atoms with Gasteiger partial charge in [-0.05, 0) is 13.8 Å². The summed E-state index contributed by atoms with van der Waals surface area (Å²) in [5.41, 5.74) is 0. The Balaban J connectivity index is 0.00000108. The van der Waals surface area contributed by atoms with Crippen molar-refractivity contribution in [2.75, 3.05) is 35.0 Å². The van der Waals surface area contributed by atoms with E-state index in [9.17, 15) is 30.6 Å². The number of aliphatic hydroxyl groups excluding tert-OH is 6. The van der Waals surface area contributed by atoms with E-state index in [1.54, 1.807) is 35.4 Å². The molecule has 2 aliphatic heterocycles. The first kappa shape index (κ1) is 27.6. The molecule has 2 aliphatic rings. The lowest BCUT2D eigenvalue weighted by Crippen LogP contribution is -2.60. The summed E-state index contributed by atoms with van der Waals surface area (Å²) < 4.78 is 24.4. The Kier molecular flexibility index (Phi) is 13.5. The molecule has 2 fully saturated rings. The summed E-state index contributed by atoms with van der Waals surface area (Å²) in [6.07, 6.45) is -11.6. The smallest absolute Gasteiger partial charge is 0.186 e. The van der Waals surface area contributed by atoms with Gasteiger partial charge in [-0.2, -0.15) is 0 Å². The van der Waals surface area contributed by atoms with Crippen molar-refractivity contribution in [3.63, 3.8) is 0 Å². The van der Waals surface area contributed by atoms with Crippen LogP contribution in [-0.4, -0.2) is 127 Å². The van der Waals surface area contributed by atoms with Gasteiger partial charge in [0.1, 0.15) is 42.7 Å². The minimum absolute atomic E-state index is 0.230. The summed E-state index contributed by atoms with van der Waals surface area (Å²) in [4.78, 5) is 0. The number of hydrogen-bond donors (Lipinski definition) is 6. The largest absolute Gasteiger partial charge is 0.388 e. The van der Waals surface area contributed by atoms with Crippen LogP contribution in [0.4, 0.5) is 0 Å². The molecule has 0 aromatic heterocycles. The van der Waals surface area contributed by atoms with Gasteiger partial charge in [-0.3, -0.25) is 0 Å². The molecule has 11 nitrogen and oxygen atoms in total. The van der Waals surface area contributed by atoms with Gasteiger partial charge in [0.25, 0.3) is 0 Å². The van der Waals surface area contributed by atoms with Crippen LogP contribution >= 0.6 is 0 Å². The first-order chi connectivity index (χ1) is 13.1. The molecule has 28 heavy (non-hydrogen) atoms. The van der Waals surface area contributed by atoms with E-state index in [0.29, 0.717) is 0 Å². The molecule has 0 amide bonds. The number of rotatable bonds is 3. The lowest BCUT2D eigenvalue weighted by molar-refractivity contribution is -0.307. The van der Waals surface area contributed by atoms with Crippen LogP contribution in [-0.2, 0) is 23.7 Å². The number of ether oxygens (including phenoxy) is 5. The maximum Gasteiger partial charge on any atom is 0.186 e. The van der Waals surface area contributed by atoms with Gasteiger partial charge in [0.15, 0.2) is 6.29 Å². The van der Waals surface area contributed by atoms with Crippen molar-refractivity contribution in [2.45, 2.75) is 75.1 Å². The normalized spacial score (nSPS) is 43.3. The Morgan fingerprint density at radius 3 is 1.46 bits per heavy atom. The monoisotopic (exact) mass is 416 g/mol. The average molecular weight is 416 g/mol. The zero-order valence-electron chi connectivity index (χ0n) is 17.2. The van der Waals surface area contributed by atoms with Crippen molar-refractivity contribution in [2.24, 2.45) is 0 Å². The standard InChI is InChI=1S/C13H24O9.2C2H6O/c1-4-7(14)10(17)9(16)6(21-4)3-20-13-12(19)11(18)8(15)5(2)22-13;2*1-3-2/h4-19H,3H2,1-2H3;2*1-2H3. The molecule has 0 radical (unpaired) electrons. The Morgan fingerprint density at radius 1 is 0.607 bits per heavy atom. The maximum atomic E-state index is 9.86. The van der Waals surface area contributed by atoms with Crippen molar-refractivity contribution in [1.82, 2.24) is 0 Å². The van der Waals surface area contributed by atoms with E-state index >= 15 is 0 Å².